The number of hydrogen-bond donors (Lipinski definition) is 1. The van der Waals surface area contributed by atoms with Crippen molar-refractivity contribution >= 4 is 6.03 Å². The molecule has 0 aromatic heterocycles. The first-order valence-corrected chi connectivity index (χ1v) is 8.44. The summed E-state index contributed by atoms with van der Waals surface area (Å²) < 4.78 is 14.1. The maximum Gasteiger partial charge on any atom is 0.317 e. The lowest BCUT2D eigenvalue weighted by atomic mass is 10.1. The van der Waals surface area contributed by atoms with Crippen molar-refractivity contribution in [1.29, 1.82) is 0 Å². The Hall–Kier alpha value is -1.66. The number of nitrogens with zero attached hydrogens (tertiary/aromatic N) is 3. The standard InChI is InChI=1S/C18H29FN4O/c1-21(2)11-15-7-8-23(12-15)18(24)20-10-14-5-6-16(13-22(3)4)17(19)9-14/h5-6,9,15H,7-8,10-13H2,1-4H3,(H,20,24)/t15-/m1/s1. The molecule has 1 aliphatic rings. The molecular weight excluding hydrogens is 307 g/mol. The van der Waals surface area contributed by atoms with Crippen LogP contribution in [-0.2, 0) is 13.1 Å². The predicted molar refractivity (Wildman–Crippen MR) is 94.3 cm³/mol. The molecule has 134 valence electrons. The Morgan fingerprint density at radius 2 is 2.04 bits per heavy atom. The Balaban J connectivity index is 1.83. The van der Waals surface area contributed by atoms with E-state index in [0.717, 1.165) is 31.6 Å². The van der Waals surface area contributed by atoms with Crippen molar-refractivity contribution in [3.8, 4) is 0 Å². The number of nitrogens with one attached hydrogen (secondary N) is 1. The molecule has 0 radical (unpaired) electrons. The molecule has 2 rings (SSSR count). The lowest BCUT2D eigenvalue weighted by Gasteiger charge is -2.19. The number of urea groups is 1. The second kappa shape index (κ2) is 8.44. The minimum atomic E-state index is -0.220. The molecule has 0 saturated carbocycles. The van der Waals surface area contributed by atoms with Gasteiger partial charge in [-0.05, 0) is 52.2 Å². The molecule has 0 aliphatic carbocycles. The summed E-state index contributed by atoms with van der Waals surface area (Å²) in [4.78, 5) is 18.2. The number of halogens is 1. The molecule has 6 heteroatoms. The minimum Gasteiger partial charge on any atom is -0.334 e. The van der Waals surface area contributed by atoms with E-state index in [1.807, 2.05) is 30.0 Å². The van der Waals surface area contributed by atoms with Crippen LogP contribution in [0.4, 0.5) is 9.18 Å². The zero-order valence-electron chi connectivity index (χ0n) is 15.2. The predicted octanol–water partition coefficient (Wildman–Crippen LogP) is 1.98. The lowest BCUT2D eigenvalue weighted by Crippen LogP contribution is -2.38. The molecule has 1 saturated heterocycles. The van der Waals surface area contributed by atoms with E-state index in [2.05, 4.69) is 24.3 Å². The highest BCUT2D eigenvalue weighted by Crippen LogP contribution is 2.17. The Labute approximate surface area is 144 Å². The zero-order chi connectivity index (χ0) is 17.7. The smallest absolute Gasteiger partial charge is 0.317 e. The van der Waals surface area contributed by atoms with E-state index in [-0.39, 0.29) is 11.8 Å². The van der Waals surface area contributed by atoms with Crippen molar-refractivity contribution in [2.45, 2.75) is 19.5 Å². The third kappa shape index (κ3) is 5.46. The first-order valence-electron chi connectivity index (χ1n) is 8.44. The van der Waals surface area contributed by atoms with Crippen LogP contribution in [-0.4, -0.2) is 68.6 Å². The van der Waals surface area contributed by atoms with Gasteiger partial charge in [0.2, 0.25) is 0 Å². The van der Waals surface area contributed by atoms with E-state index < -0.39 is 0 Å². The van der Waals surface area contributed by atoms with E-state index in [9.17, 15) is 9.18 Å². The summed E-state index contributed by atoms with van der Waals surface area (Å²) in [6.07, 6.45) is 1.04. The van der Waals surface area contributed by atoms with Crippen molar-refractivity contribution < 1.29 is 9.18 Å². The first kappa shape index (κ1) is 18.7. The van der Waals surface area contributed by atoms with Crippen LogP contribution in [0.5, 0.6) is 0 Å². The fourth-order valence-electron chi connectivity index (χ4n) is 3.14. The Morgan fingerprint density at radius 3 is 2.67 bits per heavy atom. The zero-order valence-corrected chi connectivity index (χ0v) is 15.2. The highest BCUT2D eigenvalue weighted by Gasteiger charge is 2.26. The van der Waals surface area contributed by atoms with Crippen LogP contribution in [0.25, 0.3) is 0 Å². The maximum absolute atomic E-state index is 14.1. The van der Waals surface area contributed by atoms with Gasteiger partial charge in [0.05, 0.1) is 0 Å². The van der Waals surface area contributed by atoms with Crippen molar-refractivity contribution in [3.63, 3.8) is 0 Å². The number of carbonyl (C=O) groups is 1. The average Bonchev–Trinajstić information content (AvgIpc) is 2.94. The van der Waals surface area contributed by atoms with E-state index in [0.29, 0.717) is 24.6 Å². The summed E-state index contributed by atoms with van der Waals surface area (Å²) in [5.41, 5.74) is 1.45. The SMILES string of the molecule is CN(C)Cc1ccc(CNC(=O)N2CC[C@H](CN(C)C)C2)cc1F. The normalized spacial score (nSPS) is 17.8. The van der Waals surface area contributed by atoms with Crippen LogP contribution in [0.2, 0.25) is 0 Å². The summed E-state index contributed by atoms with van der Waals surface area (Å²) in [5.74, 6) is 0.316. The van der Waals surface area contributed by atoms with Gasteiger partial charge in [-0.1, -0.05) is 12.1 Å². The van der Waals surface area contributed by atoms with E-state index in [1.165, 1.54) is 6.07 Å². The average molecular weight is 336 g/mol. The van der Waals surface area contributed by atoms with Gasteiger partial charge in [0.1, 0.15) is 5.82 Å². The van der Waals surface area contributed by atoms with Crippen LogP contribution >= 0.6 is 0 Å². The number of rotatable bonds is 6. The van der Waals surface area contributed by atoms with Gasteiger partial charge in [-0.2, -0.15) is 0 Å². The van der Waals surface area contributed by atoms with Gasteiger partial charge in [0.15, 0.2) is 0 Å². The monoisotopic (exact) mass is 336 g/mol. The third-order valence-corrected chi connectivity index (χ3v) is 4.24. The molecule has 1 N–H and O–H groups in total. The van der Waals surface area contributed by atoms with Crippen molar-refractivity contribution in [2.24, 2.45) is 5.92 Å². The molecule has 0 bridgehead atoms. The Kier molecular flexibility index (Phi) is 6.57. The maximum atomic E-state index is 14.1. The van der Waals surface area contributed by atoms with Gasteiger partial charge in [-0.3, -0.25) is 0 Å². The number of likely N-dealkylation sites (tertiary alicyclic amines) is 1. The summed E-state index contributed by atoms with van der Waals surface area (Å²) >= 11 is 0. The summed E-state index contributed by atoms with van der Waals surface area (Å²) in [5, 5.41) is 2.90. The summed E-state index contributed by atoms with van der Waals surface area (Å²) in [6, 6.07) is 5.12. The van der Waals surface area contributed by atoms with Gasteiger partial charge < -0.3 is 20.0 Å². The molecule has 1 aromatic carbocycles. The summed E-state index contributed by atoms with van der Waals surface area (Å²) in [6.45, 7) is 3.51. The van der Waals surface area contributed by atoms with Crippen LogP contribution in [0.15, 0.2) is 18.2 Å². The molecule has 24 heavy (non-hydrogen) atoms. The number of hydrogen-bond acceptors (Lipinski definition) is 3. The van der Waals surface area contributed by atoms with Gasteiger partial charge in [-0.15, -0.1) is 0 Å². The fraction of sp³-hybridized carbons (Fsp3) is 0.611. The van der Waals surface area contributed by atoms with E-state index in [1.54, 1.807) is 6.07 Å². The molecule has 1 fully saturated rings. The third-order valence-electron chi connectivity index (χ3n) is 4.24. The second-order valence-corrected chi connectivity index (χ2v) is 7.19. The van der Waals surface area contributed by atoms with Gasteiger partial charge in [0.25, 0.3) is 0 Å². The molecule has 0 spiro atoms. The molecular formula is C18H29FN4O. The van der Waals surface area contributed by atoms with Crippen molar-refractivity contribution in [3.05, 3.63) is 35.1 Å². The Morgan fingerprint density at radius 1 is 1.29 bits per heavy atom. The van der Waals surface area contributed by atoms with Gasteiger partial charge in [0, 0.05) is 38.3 Å². The Bertz CT molecular complexity index is 562. The second-order valence-electron chi connectivity index (χ2n) is 7.19. The highest BCUT2D eigenvalue weighted by molar-refractivity contribution is 5.74. The molecule has 1 aromatic rings. The molecule has 1 atom stereocenters. The van der Waals surface area contributed by atoms with Gasteiger partial charge >= 0.3 is 6.03 Å². The molecule has 0 unspecified atom stereocenters. The van der Waals surface area contributed by atoms with Crippen LogP contribution < -0.4 is 5.32 Å². The number of amides is 2. The van der Waals surface area contributed by atoms with Crippen LogP contribution in [0.3, 0.4) is 0 Å². The minimum absolute atomic E-state index is 0.0611. The quantitative estimate of drug-likeness (QED) is 0.863. The topological polar surface area (TPSA) is 38.8 Å². The number of carbonyl (C=O) groups excluding carboxylic acids is 1. The molecule has 1 heterocycles. The first-order chi connectivity index (χ1) is 11.3. The largest absolute Gasteiger partial charge is 0.334 e. The number of benzene rings is 1. The van der Waals surface area contributed by atoms with Crippen molar-refractivity contribution in [1.82, 2.24) is 20.0 Å². The molecule has 1 aliphatic heterocycles. The van der Waals surface area contributed by atoms with Crippen molar-refractivity contribution in [2.75, 3.05) is 47.8 Å². The van der Waals surface area contributed by atoms with Gasteiger partial charge in [-0.25, -0.2) is 9.18 Å². The fourth-order valence-corrected chi connectivity index (χ4v) is 3.14. The highest BCUT2D eigenvalue weighted by atomic mass is 19.1. The molecule has 5 nitrogen and oxygen atoms in total. The lowest BCUT2D eigenvalue weighted by molar-refractivity contribution is 0.205. The van der Waals surface area contributed by atoms with E-state index in [4.69, 9.17) is 0 Å². The van der Waals surface area contributed by atoms with Crippen LogP contribution in [0.1, 0.15) is 17.5 Å². The summed E-state index contributed by atoms with van der Waals surface area (Å²) in [7, 11) is 7.93. The van der Waals surface area contributed by atoms with E-state index >= 15 is 0 Å². The van der Waals surface area contributed by atoms with Crippen LogP contribution in [0, 0.1) is 11.7 Å². The molecule has 2 amide bonds.